The molecule has 4 heteroatoms. The van der Waals surface area contributed by atoms with Gasteiger partial charge in [-0.2, -0.15) is 0 Å². The highest BCUT2D eigenvalue weighted by Gasteiger charge is 2.22. The Labute approximate surface area is 129 Å². The van der Waals surface area contributed by atoms with E-state index in [-0.39, 0.29) is 6.04 Å². The van der Waals surface area contributed by atoms with Crippen LogP contribution in [0.3, 0.4) is 0 Å². The quantitative estimate of drug-likeness (QED) is 0.838. The van der Waals surface area contributed by atoms with Gasteiger partial charge in [0, 0.05) is 6.04 Å². The van der Waals surface area contributed by atoms with Crippen molar-refractivity contribution < 1.29 is 8.42 Å². The van der Waals surface area contributed by atoms with Crippen molar-refractivity contribution in [1.82, 2.24) is 4.72 Å². The maximum atomic E-state index is 12.2. The lowest BCUT2D eigenvalue weighted by Gasteiger charge is -2.22. The van der Waals surface area contributed by atoms with E-state index in [2.05, 4.69) is 16.9 Å². The number of aryl methyl sites for hydroxylation is 1. The van der Waals surface area contributed by atoms with Crippen molar-refractivity contribution in [3.8, 4) is 0 Å². The van der Waals surface area contributed by atoms with Crippen LogP contribution in [0.1, 0.15) is 51.0 Å². The fourth-order valence-electron chi connectivity index (χ4n) is 3.11. The molecule has 21 heavy (non-hydrogen) atoms. The maximum Gasteiger partial charge on any atom is 0.212 e. The fraction of sp³-hybridized carbons (Fsp3) is 0.647. The Balaban J connectivity index is 1.76. The van der Waals surface area contributed by atoms with Crippen molar-refractivity contribution in [2.24, 2.45) is 5.92 Å². The highest BCUT2D eigenvalue weighted by molar-refractivity contribution is 7.89. The molecule has 0 aliphatic heterocycles. The van der Waals surface area contributed by atoms with Crippen LogP contribution < -0.4 is 4.72 Å². The van der Waals surface area contributed by atoms with E-state index in [1.807, 2.05) is 25.1 Å². The lowest BCUT2D eigenvalue weighted by Crippen LogP contribution is -2.37. The number of nitrogens with one attached hydrogen (secondary N) is 1. The first kappa shape index (κ1) is 16.5. The van der Waals surface area contributed by atoms with Gasteiger partial charge in [-0.05, 0) is 44.1 Å². The summed E-state index contributed by atoms with van der Waals surface area (Å²) in [4.78, 5) is 0. The summed E-state index contributed by atoms with van der Waals surface area (Å²) in [5.41, 5.74) is 1.26. The van der Waals surface area contributed by atoms with Crippen molar-refractivity contribution >= 4 is 10.0 Å². The Morgan fingerprint density at radius 3 is 2.48 bits per heavy atom. The molecule has 2 rings (SSSR count). The predicted octanol–water partition coefficient (Wildman–Crippen LogP) is 3.51. The standard InChI is InChI=1S/C17H27NO2S/c1-15(12-13-16-8-4-2-5-9-16)18-21(19,20)14-17-10-6-3-7-11-17/h2,4-5,8-9,15,17-18H,3,6-7,10-14H2,1H3/t15-/m1/s1. The van der Waals surface area contributed by atoms with Crippen LogP contribution in [-0.4, -0.2) is 20.2 Å². The largest absolute Gasteiger partial charge is 0.212 e. The topological polar surface area (TPSA) is 46.2 Å². The van der Waals surface area contributed by atoms with Gasteiger partial charge in [0.05, 0.1) is 5.75 Å². The Morgan fingerprint density at radius 1 is 1.14 bits per heavy atom. The third-order valence-electron chi connectivity index (χ3n) is 4.27. The van der Waals surface area contributed by atoms with E-state index in [4.69, 9.17) is 0 Å². The van der Waals surface area contributed by atoms with Crippen LogP contribution in [0.5, 0.6) is 0 Å². The van der Waals surface area contributed by atoms with Crippen LogP contribution in [0.15, 0.2) is 30.3 Å². The van der Waals surface area contributed by atoms with E-state index in [0.717, 1.165) is 25.7 Å². The summed E-state index contributed by atoms with van der Waals surface area (Å²) >= 11 is 0. The zero-order valence-corrected chi connectivity index (χ0v) is 13.7. The Kier molecular flexibility index (Phi) is 6.24. The van der Waals surface area contributed by atoms with Gasteiger partial charge in [0.15, 0.2) is 0 Å². The number of sulfonamides is 1. The Bertz CT molecular complexity index is 507. The molecule has 1 fully saturated rings. The van der Waals surface area contributed by atoms with Gasteiger partial charge >= 0.3 is 0 Å². The first-order valence-electron chi connectivity index (χ1n) is 8.09. The minimum Gasteiger partial charge on any atom is -0.212 e. The molecule has 0 heterocycles. The van der Waals surface area contributed by atoms with Crippen LogP contribution in [0.25, 0.3) is 0 Å². The molecule has 1 aromatic carbocycles. The molecule has 0 saturated heterocycles. The van der Waals surface area contributed by atoms with Crippen molar-refractivity contribution in [1.29, 1.82) is 0 Å². The second-order valence-corrected chi connectivity index (χ2v) is 8.13. The molecule has 1 N–H and O–H groups in total. The van der Waals surface area contributed by atoms with Crippen molar-refractivity contribution in [2.45, 2.75) is 57.9 Å². The molecule has 3 nitrogen and oxygen atoms in total. The van der Waals surface area contributed by atoms with Gasteiger partial charge in [-0.15, -0.1) is 0 Å². The van der Waals surface area contributed by atoms with Gasteiger partial charge in [-0.25, -0.2) is 13.1 Å². The molecular formula is C17H27NO2S. The van der Waals surface area contributed by atoms with Crippen LogP contribution in [-0.2, 0) is 16.4 Å². The van der Waals surface area contributed by atoms with Gasteiger partial charge < -0.3 is 0 Å². The molecule has 0 aromatic heterocycles. The van der Waals surface area contributed by atoms with Gasteiger partial charge in [0.2, 0.25) is 10.0 Å². The summed E-state index contributed by atoms with van der Waals surface area (Å²) < 4.78 is 27.3. The summed E-state index contributed by atoms with van der Waals surface area (Å²) in [6.45, 7) is 1.96. The van der Waals surface area contributed by atoms with Crippen molar-refractivity contribution in [2.75, 3.05) is 5.75 Å². The predicted molar refractivity (Wildman–Crippen MR) is 87.7 cm³/mol. The van der Waals surface area contributed by atoms with E-state index < -0.39 is 10.0 Å². The SMILES string of the molecule is C[C@H](CCc1ccccc1)NS(=O)(=O)CC1CCCCC1. The average Bonchev–Trinajstić information content (AvgIpc) is 2.46. The van der Waals surface area contributed by atoms with E-state index >= 15 is 0 Å². The molecule has 0 spiro atoms. The summed E-state index contributed by atoms with van der Waals surface area (Å²) in [6, 6.07) is 10.2. The lowest BCUT2D eigenvalue weighted by molar-refractivity contribution is 0.383. The summed E-state index contributed by atoms with van der Waals surface area (Å²) in [6.07, 6.45) is 7.52. The van der Waals surface area contributed by atoms with Gasteiger partial charge in [-0.3, -0.25) is 0 Å². The second-order valence-electron chi connectivity index (χ2n) is 6.33. The van der Waals surface area contributed by atoms with E-state index in [1.54, 1.807) is 0 Å². The Morgan fingerprint density at radius 2 is 1.81 bits per heavy atom. The zero-order chi connectivity index (χ0) is 15.1. The fourth-order valence-corrected chi connectivity index (χ4v) is 4.89. The molecule has 1 atom stereocenters. The zero-order valence-electron chi connectivity index (χ0n) is 12.9. The maximum absolute atomic E-state index is 12.2. The number of hydrogen-bond acceptors (Lipinski definition) is 2. The second kappa shape index (κ2) is 7.95. The number of rotatable bonds is 7. The highest BCUT2D eigenvalue weighted by Crippen LogP contribution is 2.24. The molecule has 0 bridgehead atoms. The molecule has 0 unspecified atom stereocenters. The Hall–Kier alpha value is -0.870. The summed E-state index contributed by atoms with van der Waals surface area (Å²) in [7, 11) is -3.13. The number of hydrogen-bond donors (Lipinski definition) is 1. The van der Waals surface area contributed by atoms with Gasteiger partial charge in [0.25, 0.3) is 0 Å². The molecular weight excluding hydrogens is 282 g/mol. The third kappa shape index (κ3) is 6.18. The normalized spacial score (nSPS) is 18.5. The van der Waals surface area contributed by atoms with Crippen molar-refractivity contribution in [3.05, 3.63) is 35.9 Å². The van der Waals surface area contributed by atoms with Gasteiger partial charge in [-0.1, -0.05) is 49.6 Å². The molecule has 1 aliphatic carbocycles. The molecule has 118 valence electrons. The minimum atomic E-state index is -3.13. The first-order valence-corrected chi connectivity index (χ1v) is 9.74. The molecule has 0 amide bonds. The number of benzene rings is 1. The molecule has 0 radical (unpaired) electrons. The summed E-state index contributed by atoms with van der Waals surface area (Å²) in [5, 5.41) is 0. The van der Waals surface area contributed by atoms with Crippen molar-refractivity contribution in [3.63, 3.8) is 0 Å². The minimum absolute atomic E-state index is 0.00111. The van der Waals surface area contributed by atoms with Crippen LogP contribution in [0, 0.1) is 5.92 Å². The average molecular weight is 309 g/mol. The van der Waals surface area contributed by atoms with Crippen LogP contribution in [0.4, 0.5) is 0 Å². The molecule has 1 saturated carbocycles. The third-order valence-corrected chi connectivity index (χ3v) is 5.94. The van der Waals surface area contributed by atoms with E-state index in [0.29, 0.717) is 11.7 Å². The smallest absolute Gasteiger partial charge is 0.212 e. The lowest BCUT2D eigenvalue weighted by atomic mass is 9.91. The first-order chi connectivity index (χ1) is 10.1. The summed E-state index contributed by atoms with van der Waals surface area (Å²) in [5.74, 6) is 0.667. The van der Waals surface area contributed by atoms with E-state index in [1.165, 1.54) is 24.8 Å². The monoisotopic (exact) mass is 309 g/mol. The van der Waals surface area contributed by atoms with Crippen LogP contribution >= 0.6 is 0 Å². The molecule has 1 aliphatic rings. The molecule has 1 aromatic rings. The van der Waals surface area contributed by atoms with E-state index in [9.17, 15) is 8.42 Å². The van der Waals surface area contributed by atoms with Gasteiger partial charge in [0.1, 0.15) is 0 Å². The van der Waals surface area contributed by atoms with Crippen LogP contribution in [0.2, 0.25) is 0 Å². The highest BCUT2D eigenvalue weighted by atomic mass is 32.2.